The van der Waals surface area contributed by atoms with Gasteiger partial charge in [-0.1, -0.05) is 192 Å². The van der Waals surface area contributed by atoms with Gasteiger partial charge < -0.3 is 5.11 Å². The maximum atomic E-state index is 12.5. The van der Waals surface area contributed by atoms with Gasteiger partial charge in [0.1, 0.15) is 11.6 Å². The molecule has 0 aliphatic heterocycles. The van der Waals surface area contributed by atoms with E-state index < -0.39 is 19.1 Å². The summed E-state index contributed by atoms with van der Waals surface area (Å²) in [5.41, 5.74) is 13.1. The monoisotopic (exact) mass is 1080 g/mol. The van der Waals surface area contributed by atoms with Crippen molar-refractivity contribution in [2.24, 2.45) is 0 Å². The minimum atomic E-state index is -2.54. The molecule has 344 valence electrons. The van der Waals surface area contributed by atoms with E-state index in [1.807, 2.05) is 144 Å². The van der Waals surface area contributed by atoms with Gasteiger partial charge >= 0.3 is 0 Å². The van der Waals surface area contributed by atoms with Crippen LogP contribution in [0.1, 0.15) is 72.0 Å². The molecule has 0 saturated carbocycles. The number of pyridine rings is 1. The van der Waals surface area contributed by atoms with Crippen LogP contribution in [0.2, 0.25) is 0 Å². The molecule has 0 aliphatic rings. The Morgan fingerprint density at radius 3 is 1.80 bits per heavy atom. The van der Waals surface area contributed by atoms with Gasteiger partial charge in [0, 0.05) is 46.7 Å². The number of rotatable bonds is 8. The summed E-state index contributed by atoms with van der Waals surface area (Å²) in [6, 6.07) is 62.3. The van der Waals surface area contributed by atoms with Gasteiger partial charge in [0.05, 0.1) is 22.3 Å². The molecular weight excluding hydrogens is 1020 g/mol. The van der Waals surface area contributed by atoms with Crippen LogP contribution in [0.15, 0.2) is 188 Å². The van der Waals surface area contributed by atoms with Crippen molar-refractivity contribution in [3.63, 3.8) is 0 Å². The number of phenols is 1. The van der Waals surface area contributed by atoms with Crippen LogP contribution < -0.4 is 0 Å². The van der Waals surface area contributed by atoms with Crippen molar-refractivity contribution in [1.82, 2.24) is 14.5 Å². The van der Waals surface area contributed by atoms with Crippen molar-refractivity contribution >= 4 is 11.0 Å². The van der Waals surface area contributed by atoms with Crippen molar-refractivity contribution in [3.8, 4) is 89.7 Å². The minimum absolute atomic E-state index is 0. The van der Waals surface area contributed by atoms with Crippen LogP contribution in [0.5, 0.6) is 5.75 Å². The van der Waals surface area contributed by atoms with Crippen LogP contribution in [-0.4, -0.2) is 19.6 Å². The standard InChI is InChI=1S/C64H56N3O.Pt/c1-41-27-28-47(37-54(41)45-23-16-11-17-24-45)48-31-32-65-57(38-48)51-35-49(44-21-14-10-15-22-44)34-50(36-51)53-25-18-26-59-60(53)66-62(55-39-52(63(3,4)5)40-56(61(55)68)64(6,7)8)67(59)58-30-29-46(33-42(58)2)43-19-12-9-13-20-43;/h9-35,37-40,68H,1-8H3;/q-1;/i1D3,2D3;. The Morgan fingerprint density at radius 2 is 1.13 bits per heavy atom. The summed E-state index contributed by atoms with van der Waals surface area (Å²) in [4.78, 5) is 10.4. The van der Waals surface area contributed by atoms with Gasteiger partial charge in [-0.25, -0.2) is 4.98 Å². The summed E-state index contributed by atoms with van der Waals surface area (Å²) in [6.07, 6.45) is 1.76. The topological polar surface area (TPSA) is 50.9 Å². The van der Waals surface area contributed by atoms with Gasteiger partial charge in [0.25, 0.3) is 0 Å². The van der Waals surface area contributed by atoms with Gasteiger partial charge in [-0.05, 0) is 117 Å². The van der Waals surface area contributed by atoms with E-state index >= 15 is 0 Å². The second-order valence-corrected chi connectivity index (χ2v) is 19.6. The van der Waals surface area contributed by atoms with Crippen LogP contribution in [0.25, 0.3) is 95.0 Å². The smallest absolute Gasteiger partial charge is 0.148 e. The van der Waals surface area contributed by atoms with Gasteiger partial charge in [0.15, 0.2) is 0 Å². The molecule has 2 heterocycles. The second-order valence-electron chi connectivity index (χ2n) is 19.6. The molecule has 8 aromatic carbocycles. The van der Waals surface area contributed by atoms with Crippen LogP contribution >= 0.6 is 0 Å². The zero-order valence-electron chi connectivity index (χ0n) is 45.5. The zero-order valence-corrected chi connectivity index (χ0v) is 41.8. The predicted molar refractivity (Wildman–Crippen MR) is 284 cm³/mol. The van der Waals surface area contributed by atoms with E-state index in [9.17, 15) is 5.11 Å². The molecule has 10 rings (SSSR count). The van der Waals surface area contributed by atoms with Crippen molar-refractivity contribution < 1.29 is 34.4 Å². The minimum Gasteiger partial charge on any atom is -0.507 e. The molecule has 0 saturated heterocycles. The molecule has 0 fully saturated rings. The summed E-state index contributed by atoms with van der Waals surface area (Å²) >= 11 is 0. The van der Waals surface area contributed by atoms with E-state index in [1.54, 1.807) is 18.3 Å². The maximum Gasteiger partial charge on any atom is 0.148 e. The molecule has 0 aliphatic carbocycles. The normalized spacial score (nSPS) is 13.4. The van der Waals surface area contributed by atoms with Gasteiger partial charge in [-0.3, -0.25) is 9.55 Å². The van der Waals surface area contributed by atoms with Gasteiger partial charge in [-0.2, -0.15) is 0 Å². The van der Waals surface area contributed by atoms with Crippen LogP contribution in [0.3, 0.4) is 0 Å². The van der Waals surface area contributed by atoms with Gasteiger partial charge in [-0.15, -0.1) is 23.8 Å². The van der Waals surface area contributed by atoms with Crippen LogP contribution in [-0.2, 0) is 31.9 Å². The first-order valence-corrected chi connectivity index (χ1v) is 23.0. The number of imidazole rings is 1. The molecule has 0 amide bonds. The van der Waals surface area contributed by atoms with E-state index in [0.717, 1.165) is 61.2 Å². The molecule has 0 bridgehead atoms. The molecular formula is C64H56N3OPt-. The molecule has 4 nitrogen and oxygen atoms in total. The van der Waals surface area contributed by atoms with E-state index in [1.165, 1.54) is 0 Å². The number of hydrogen-bond acceptors (Lipinski definition) is 3. The Balaban J connectivity index is 0.00000689. The second kappa shape index (κ2) is 18.7. The van der Waals surface area contributed by atoms with Crippen molar-refractivity contribution in [1.29, 1.82) is 0 Å². The maximum absolute atomic E-state index is 12.5. The van der Waals surface area contributed by atoms with E-state index in [2.05, 4.69) is 77.9 Å². The Labute approximate surface area is 430 Å². The molecule has 5 heteroatoms. The van der Waals surface area contributed by atoms with E-state index in [0.29, 0.717) is 44.9 Å². The van der Waals surface area contributed by atoms with E-state index in [4.69, 9.17) is 18.2 Å². The number of benzene rings is 8. The summed E-state index contributed by atoms with van der Waals surface area (Å²) in [6.45, 7) is 7.79. The van der Waals surface area contributed by atoms with Crippen molar-refractivity contribution in [2.75, 3.05) is 0 Å². The third-order valence-electron chi connectivity index (χ3n) is 12.8. The Bertz CT molecular complexity index is 3720. The first-order chi connectivity index (χ1) is 35.1. The molecule has 10 aromatic rings. The molecule has 2 aromatic heterocycles. The van der Waals surface area contributed by atoms with Crippen LogP contribution in [0.4, 0.5) is 0 Å². The predicted octanol–water partition coefficient (Wildman–Crippen LogP) is 16.8. The number of para-hydroxylation sites is 1. The number of aryl methyl sites for hydroxylation is 2. The molecule has 0 atom stereocenters. The fourth-order valence-electron chi connectivity index (χ4n) is 9.08. The summed E-state index contributed by atoms with van der Waals surface area (Å²) in [7, 11) is 0. The first kappa shape index (κ1) is 39.8. The average molecular weight is 1080 g/mol. The number of fused-ring (bicyclic) bond motifs is 1. The largest absolute Gasteiger partial charge is 0.507 e. The average Bonchev–Trinajstić information content (AvgIpc) is 3.79. The Kier molecular flexibility index (Phi) is 10.8. The van der Waals surface area contributed by atoms with Gasteiger partial charge in [0.2, 0.25) is 0 Å². The number of hydrogen-bond donors (Lipinski definition) is 1. The summed E-state index contributed by atoms with van der Waals surface area (Å²) in [5, 5.41) is 12.5. The van der Waals surface area contributed by atoms with E-state index in [-0.39, 0.29) is 43.4 Å². The molecule has 0 spiro atoms. The number of aromatic hydroxyl groups is 1. The summed E-state index contributed by atoms with van der Waals surface area (Å²) in [5.74, 6) is 0.474. The van der Waals surface area contributed by atoms with Crippen molar-refractivity contribution in [2.45, 2.75) is 66.1 Å². The summed E-state index contributed by atoms with van der Waals surface area (Å²) < 4.78 is 53.9. The zero-order chi connectivity index (χ0) is 52.3. The molecule has 0 radical (unpaired) electrons. The SMILES string of the molecule is [2H]C([2H])([2H])c1ccc(-c2ccnc(-c3[c-]c(-c4cccc5c4nc(-c4cc(C(C)(C)C)cc(C(C)(C)C)c4O)n5-c4ccc(-c5ccccc5)cc4C([2H])([2H])[2H])cc(-c4ccccc4)c3)c2)cc1-c1ccccc1.[Pt]. The third-order valence-corrected chi connectivity index (χ3v) is 12.8. The number of aromatic nitrogens is 3. The Morgan fingerprint density at radius 1 is 0.507 bits per heavy atom. The first-order valence-electron chi connectivity index (χ1n) is 26.0. The Hall–Kier alpha value is -7.13. The van der Waals surface area contributed by atoms with Crippen molar-refractivity contribution in [3.05, 3.63) is 217 Å². The van der Waals surface area contributed by atoms with Crippen LogP contribution in [0, 0.1) is 19.8 Å². The number of nitrogens with zero attached hydrogens (tertiary/aromatic N) is 3. The molecule has 69 heavy (non-hydrogen) atoms. The number of phenolic OH excluding ortho intramolecular Hbond substituents is 1. The third kappa shape index (κ3) is 9.27. The molecule has 0 unspecified atom stereocenters. The fourth-order valence-corrected chi connectivity index (χ4v) is 9.08. The quantitative estimate of drug-likeness (QED) is 0.154. The fraction of sp³-hybridized carbons (Fsp3) is 0.156. The molecule has 1 N–H and O–H groups in total.